The van der Waals surface area contributed by atoms with E-state index in [0.717, 1.165) is 21.2 Å². The highest BCUT2D eigenvalue weighted by Gasteiger charge is 2.10. The van der Waals surface area contributed by atoms with Gasteiger partial charge < -0.3 is 9.47 Å². The van der Waals surface area contributed by atoms with Crippen LogP contribution in [0.2, 0.25) is 5.02 Å². The molecular formula is C19H20BrClN2O4. The first-order chi connectivity index (χ1) is 12.8. The van der Waals surface area contributed by atoms with Crippen molar-refractivity contribution in [3.8, 4) is 11.5 Å². The van der Waals surface area contributed by atoms with Crippen molar-refractivity contribution in [3.05, 3.63) is 56.5 Å². The fourth-order valence-corrected chi connectivity index (χ4v) is 3.13. The number of halogens is 2. The lowest BCUT2D eigenvalue weighted by molar-refractivity contribution is -0.131. The Morgan fingerprint density at radius 3 is 2.04 bits per heavy atom. The first-order valence-electron chi connectivity index (χ1n) is 8.12. The summed E-state index contributed by atoms with van der Waals surface area (Å²) in [4.78, 5) is 23.6. The number of hydrogen-bond acceptors (Lipinski definition) is 4. The Balaban J connectivity index is 1.75. The number of rotatable bonds is 6. The van der Waals surface area contributed by atoms with E-state index in [2.05, 4.69) is 26.8 Å². The first-order valence-corrected chi connectivity index (χ1v) is 9.29. The van der Waals surface area contributed by atoms with Crippen molar-refractivity contribution < 1.29 is 19.1 Å². The molecule has 0 saturated heterocycles. The van der Waals surface area contributed by atoms with E-state index in [0.29, 0.717) is 16.5 Å². The zero-order valence-electron chi connectivity index (χ0n) is 15.2. The number of amides is 2. The maximum Gasteiger partial charge on any atom is 0.276 e. The van der Waals surface area contributed by atoms with Gasteiger partial charge in [0.2, 0.25) is 0 Å². The van der Waals surface area contributed by atoms with Gasteiger partial charge in [-0.25, -0.2) is 0 Å². The number of ether oxygens (including phenoxy) is 2. The normalized spacial score (nSPS) is 10.3. The molecule has 144 valence electrons. The minimum absolute atomic E-state index is 0.221. The number of nitrogens with one attached hydrogen (secondary N) is 2. The van der Waals surface area contributed by atoms with Crippen molar-refractivity contribution in [2.45, 2.75) is 20.8 Å². The third-order valence-electron chi connectivity index (χ3n) is 3.61. The van der Waals surface area contributed by atoms with Gasteiger partial charge in [0.1, 0.15) is 11.5 Å². The molecule has 2 N–H and O–H groups in total. The van der Waals surface area contributed by atoms with Crippen LogP contribution in [-0.4, -0.2) is 25.0 Å². The van der Waals surface area contributed by atoms with Crippen molar-refractivity contribution >= 4 is 39.3 Å². The predicted octanol–water partition coefficient (Wildman–Crippen LogP) is 3.63. The van der Waals surface area contributed by atoms with Gasteiger partial charge in [0.15, 0.2) is 13.2 Å². The Bertz CT molecular complexity index is 835. The molecule has 2 amide bonds. The van der Waals surface area contributed by atoms with E-state index >= 15 is 0 Å². The standard InChI is InChI=1S/C19H20BrClN2O4/c1-11-8-15(4-5-16(11)21)26-9-17(24)22-23-18(25)10-27-19-12(2)6-14(20)7-13(19)3/h4-8H,9-10H2,1-3H3,(H,22,24)(H,23,25). The summed E-state index contributed by atoms with van der Waals surface area (Å²) in [5.74, 6) is 0.184. The Labute approximate surface area is 171 Å². The molecule has 6 nitrogen and oxygen atoms in total. The van der Waals surface area contributed by atoms with Crippen molar-refractivity contribution in [1.29, 1.82) is 0 Å². The molecule has 2 aromatic rings. The van der Waals surface area contributed by atoms with Gasteiger partial charge in [-0.2, -0.15) is 0 Å². The van der Waals surface area contributed by atoms with Crippen LogP contribution >= 0.6 is 27.5 Å². The second-order valence-corrected chi connectivity index (χ2v) is 7.28. The zero-order valence-corrected chi connectivity index (χ0v) is 17.5. The Morgan fingerprint density at radius 2 is 1.48 bits per heavy atom. The molecule has 0 aliphatic rings. The Kier molecular flexibility index (Phi) is 7.50. The highest BCUT2D eigenvalue weighted by Crippen LogP contribution is 2.27. The molecule has 8 heteroatoms. The van der Waals surface area contributed by atoms with E-state index in [1.54, 1.807) is 18.2 Å². The van der Waals surface area contributed by atoms with Gasteiger partial charge >= 0.3 is 0 Å². The molecule has 0 unspecified atom stereocenters. The number of carbonyl (C=O) groups excluding carboxylic acids is 2. The van der Waals surface area contributed by atoms with Crippen molar-refractivity contribution in [1.82, 2.24) is 10.9 Å². The molecule has 0 atom stereocenters. The molecule has 27 heavy (non-hydrogen) atoms. The molecule has 0 aromatic heterocycles. The van der Waals surface area contributed by atoms with Crippen LogP contribution < -0.4 is 20.3 Å². The molecule has 0 spiro atoms. The number of hydrazine groups is 1. The van der Waals surface area contributed by atoms with Crippen LogP contribution in [-0.2, 0) is 9.59 Å². The maximum atomic E-state index is 11.9. The summed E-state index contributed by atoms with van der Waals surface area (Å²) in [5, 5.41) is 0.621. The fourth-order valence-electron chi connectivity index (χ4n) is 2.33. The van der Waals surface area contributed by atoms with Crippen molar-refractivity contribution in [2.75, 3.05) is 13.2 Å². The van der Waals surface area contributed by atoms with Gasteiger partial charge in [0.05, 0.1) is 0 Å². The monoisotopic (exact) mass is 454 g/mol. The van der Waals surface area contributed by atoms with Crippen LogP contribution in [0.3, 0.4) is 0 Å². The SMILES string of the molecule is Cc1cc(OCC(=O)NNC(=O)COc2c(C)cc(Br)cc2C)ccc1Cl. The van der Waals surface area contributed by atoms with Gasteiger partial charge in [0, 0.05) is 9.50 Å². The highest BCUT2D eigenvalue weighted by molar-refractivity contribution is 9.10. The van der Waals surface area contributed by atoms with Gasteiger partial charge in [-0.15, -0.1) is 0 Å². The number of carbonyl (C=O) groups is 2. The molecular weight excluding hydrogens is 436 g/mol. The van der Waals surface area contributed by atoms with Gasteiger partial charge in [-0.3, -0.25) is 20.4 Å². The van der Waals surface area contributed by atoms with E-state index in [1.165, 1.54) is 0 Å². The van der Waals surface area contributed by atoms with E-state index in [-0.39, 0.29) is 13.2 Å². The van der Waals surface area contributed by atoms with Gasteiger partial charge in [0.25, 0.3) is 11.8 Å². The number of aryl methyl sites for hydroxylation is 3. The highest BCUT2D eigenvalue weighted by atomic mass is 79.9. The Hall–Kier alpha value is -2.25. The van der Waals surface area contributed by atoms with Crippen LogP contribution in [0.1, 0.15) is 16.7 Å². The van der Waals surface area contributed by atoms with Crippen LogP contribution in [0.5, 0.6) is 11.5 Å². The third-order valence-corrected chi connectivity index (χ3v) is 4.50. The van der Waals surface area contributed by atoms with Crippen LogP contribution in [0, 0.1) is 20.8 Å². The summed E-state index contributed by atoms with van der Waals surface area (Å²) < 4.78 is 11.8. The Morgan fingerprint density at radius 1 is 0.926 bits per heavy atom. The quantitative estimate of drug-likeness (QED) is 0.652. The molecule has 2 rings (SSSR count). The largest absolute Gasteiger partial charge is 0.484 e. The van der Waals surface area contributed by atoms with Crippen molar-refractivity contribution in [2.24, 2.45) is 0 Å². The molecule has 0 aliphatic carbocycles. The minimum Gasteiger partial charge on any atom is -0.484 e. The summed E-state index contributed by atoms with van der Waals surface area (Å²) in [5.41, 5.74) is 7.22. The number of hydrogen-bond donors (Lipinski definition) is 2. The van der Waals surface area contributed by atoms with E-state index in [1.807, 2.05) is 32.9 Å². The summed E-state index contributed by atoms with van der Waals surface area (Å²) in [7, 11) is 0. The summed E-state index contributed by atoms with van der Waals surface area (Å²) in [6.07, 6.45) is 0. The smallest absolute Gasteiger partial charge is 0.276 e. The van der Waals surface area contributed by atoms with Crippen LogP contribution in [0.25, 0.3) is 0 Å². The van der Waals surface area contributed by atoms with E-state index < -0.39 is 11.8 Å². The molecule has 0 fully saturated rings. The van der Waals surface area contributed by atoms with Crippen molar-refractivity contribution in [3.63, 3.8) is 0 Å². The lowest BCUT2D eigenvalue weighted by Gasteiger charge is -2.13. The van der Waals surface area contributed by atoms with Gasteiger partial charge in [-0.05, 0) is 67.8 Å². The van der Waals surface area contributed by atoms with Crippen LogP contribution in [0.4, 0.5) is 0 Å². The minimum atomic E-state index is -0.494. The maximum absolute atomic E-state index is 11.9. The topological polar surface area (TPSA) is 76.7 Å². The third kappa shape index (κ3) is 6.45. The summed E-state index contributed by atoms with van der Waals surface area (Å²) >= 11 is 9.34. The number of benzene rings is 2. The van der Waals surface area contributed by atoms with E-state index in [9.17, 15) is 9.59 Å². The average Bonchev–Trinajstić information content (AvgIpc) is 2.60. The molecule has 0 saturated carbocycles. The van der Waals surface area contributed by atoms with Gasteiger partial charge in [-0.1, -0.05) is 27.5 Å². The zero-order chi connectivity index (χ0) is 20.0. The molecule has 2 aromatic carbocycles. The van der Waals surface area contributed by atoms with E-state index in [4.69, 9.17) is 21.1 Å². The fraction of sp³-hybridized carbons (Fsp3) is 0.263. The second-order valence-electron chi connectivity index (χ2n) is 5.95. The first kappa shape index (κ1) is 21.1. The molecule has 0 radical (unpaired) electrons. The lowest BCUT2D eigenvalue weighted by Crippen LogP contribution is -2.45. The van der Waals surface area contributed by atoms with Crippen LogP contribution in [0.15, 0.2) is 34.8 Å². The second kappa shape index (κ2) is 9.62. The molecule has 0 aliphatic heterocycles. The summed E-state index contributed by atoms with van der Waals surface area (Å²) in [6, 6.07) is 8.88. The lowest BCUT2D eigenvalue weighted by atomic mass is 10.1. The molecule has 0 bridgehead atoms. The predicted molar refractivity (Wildman–Crippen MR) is 107 cm³/mol. The summed E-state index contributed by atoms with van der Waals surface area (Å²) in [6.45, 7) is 5.16. The average molecular weight is 456 g/mol. The molecule has 0 heterocycles.